The van der Waals surface area contributed by atoms with Crippen molar-refractivity contribution in [3.8, 4) is 0 Å². The second-order valence-corrected chi connectivity index (χ2v) is 7.04. The van der Waals surface area contributed by atoms with E-state index in [2.05, 4.69) is 15.3 Å². The van der Waals surface area contributed by atoms with Crippen LogP contribution in [0.4, 0.5) is 10.6 Å². The van der Waals surface area contributed by atoms with E-state index < -0.39 is 5.97 Å². The van der Waals surface area contributed by atoms with Gasteiger partial charge in [-0.25, -0.2) is 14.6 Å². The molecule has 1 aliphatic heterocycles. The third-order valence-corrected chi connectivity index (χ3v) is 5.06. The number of likely N-dealkylation sites (tertiary alicyclic amines) is 1. The van der Waals surface area contributed by atoms with Crippen molar-refractivity contribution < 1.29 is 14.7 Å². The van der Waals surface area contributed by atoms with E-state index in [0.29, 0.717) is 17.0 Å². The molecule has 7 nitrogen and oxygen atoms in total. The second kappa shape index (κ2) is 8.18. The number of urea groups is 1. The average molecular weight is 390 g/mol. The molecule has 0 atom stereocenters. The Morgan fingerprint density at radius 1 is 1.07 bits per heavy atom. The van der Waals surface area contributed by atoms with E-state index in [4.69, 9.17) is 0 Å². The van der Waals surface area contributed by atoms with Crippen LogP contribution in [0.5, 0.6) is 0 Å². The summed E-state index contributed by atoms with van der Waals surface area (Å²) in [6, 6.07) is 12.4. The number of carbonyl (C=O) groups is 2. The molecule has 7 heteroatoms. The maximum atomic E-state index is 12.4. The lowest BCUT2D eigenvalue weighted by molar-refractivity contribution is -0.130. The number of piperidine rings is 1. The Labute approximate surface area is 168 Å². The first-order valence-corrected chi connectivity index (χ1v) is 9.66. The zero-order valence-electron chi connectivity index (χ0n) is 15.9. The maximum absolute atomic E-state index is 12.4. The molecule has 2 amide bonds. The van der Waals surface area contributed by atoms with Crippen LogP contribution in [-0.2, 0) is 4.79 Å². The first kappa shape index (κ1) is 18.7. The summed E-state index contributed by atoms with van der Waals surface area (Å²) in [5.41, 5.74) is 2.15. The quantitative estimate of drug-likeness (QED) is 0.581. The van der Waals surface area contributed by atoms with Crippen LogP contribution in [0.25, 0.3) is 22.7 Å². The number of aromatic nitrogens is 2. The van der Waals surface area contributed by atoms with Crippen LogP contribution in [0, 0.1) is 0 Å². The molecule has 0 radical (unpaired) electrons. The lowest BCUT2D eigenvalue weighted by Crippen LogP contribution is -2.38. The number of nitrogens with zero attached hydrogens (tertiary/aromatic N) is 2. The fourth-order valence-corrected chi connectivity index (χ4v) is 3.54. The smallest absolute Gasteiger partial charge is 0.336 e. The zero-order valence-corrected chi connectivity index (χ0v) is 15.9. The van der Waals surface area contributed by atoms with Gasteiger partial charge in [-0.1, -0.05) is 30.3 Å². The minimum Gasteiger partial charge on any atom is -0.478 e. The Balaban J connectivity index is 1.59. The van der Waals surface area contributed by atoms with Crippen LogP contribution in [0.3, 0.4) is 0 Å². The van der Waals surface area contributed by atoms with Crippen molar-refractivity contribution in [3.63, 3.8) is 0 Å². The van der Waals surface area contributed by atoms with Crippen molar-refractivity contribution in [2.75, 3.05) is 18.4 Å². The standard InChI is InChI=1S/C22H22N4O3/c27-21(28)18(15-7-3-1-4-8-15)13-16-14-23-20-17(16)9-10-19(24-20)25-22(29)26-11-5-2-6-12-26/h1,3-4,7-10,13-14H,2,5-6,11-12H2,(H,27,28)(H2,23,24,25,29). The number of fused-ring (bicyclic) bond motifs is 1. The number of benzene rings is 1. The molecule has 0 aliphatic carbocycles. The lowest BCUT2D eigenvalue weighted by atomic mass is 10.0. The van der Waals surface area contributed by atoms with Gasteiger partial charge in [-0.3, -0.25) is 5.32 Å². The highest BCUT2D eigenvalue weighted by molar-refractivity contribution is 6.21. The molecule has 1 saturated heterocycles. The van der Waals surface area contributed by atoms with E-state index in [-0.39, 0.29) is 11.6 Å². The highest BCUT2D eigenvalue weighted by atomic mass is 16.4. The number of hydrogen-bond donors (Lipinski definition) is 3. The number of hydrogen-bond acceptors (Lipinski definition) is 3. The largest absolute Gasteiger partial charge is 0.478 e. The fraction of sp³-hybridized carbons (Fsp3) is 0.227. The van der Waals surface area contributed by atoms with Crippen molar-refractivity contribution in [3.05, 3.63) is 59.8 Å². The maximum Gasteiger partial charge on any atom is 0.336 e. The molecule has 0 unspecified atom stereocenters. The molecule has 3 aromatic rings. The van der Waals surface area contributed by atoms with E-state index in [9.17, 15) is 14.7 Å². The number of rotatable bonds is 4. The van der Waals surface area contributed by atoms with Gasteiger partial charge in [0, 0.05) is 30.2 Å². The van der Waals surface area contributed by atoms with Crippen LogP contribution >= 0.6 is 0 Å². The van der Waals surface area contributed by atoms with Crippen molar-refractivity contribution in [2.24, 2.45) is 0 Å². The topological polar surface area (TPSA) is 98.3 Å². The summed E-state index contributed by atoms with van der Waals surface area (Å²) in [5, 5.41) is 13.3. The summed E-state index contributed by atoms with van der Waals surface area (Å²) in [4.78, 5) is 33.4. The van der Waals surface area contributed by atoms with E-state index in [1.54, 1.807) is 47.5 Å². The summed E-state index contributed by atoms with van der Waals surface area (Å²) < 4.78 is 0. The summed E-state index contributed by atoms with van der Waals surface area (Å²) in [6.07, 6.45) is 6.57. The molecular formula is C22H22N4O3. The Morgan fingerprint density at radius 2 is 1.83 bits per heavy atom. The molecule has 3 N–H and O–H groups in total. The van der Waals surface area contributed by atoms with Crippen molar-refractivity contribution in [1.29, 1.82) is 0 Å². The van der Waals surface area contributed by atoms with Crippen molar-refractivity contribution >= 4 is 40.5 Å². The number of nitrogens with one attached hydrogen (secondary N) is 2. The van der Waals surface area contributed by atoms with Crippen molar-refractivity contribution in [2.45, 2.75) is 19.3 Å². The molecule has 0 bridgehead atoms. The van der Waals surface area contributed by atoms with Gasteiger partial charge in [0.15, 0.2) is 0 Å². The van der Waals surface area contributed by atoms with Gasteiger partial charge in [-0.05, 0) is 43.0 Å². The van der Waals surface area contributed by atoms with Crippen LogP contribution in [0.15, 0.2) is 48.7 Å². The number of aromatic amines is 1. The van der Waals surface area contributed by atoms with Crippen molar-refractivity contribution in [1.82, 2.24) is 14.9 Å². The predicted octanol–water partition coefficient (Wildman–Crippen LogP) is 4.21. The summed E-state index contributed by atoms with van der Waals surface area (Å²) >= 11 is 0. The number of carboxylic acids is 1. The first-order chi connectivity index (χ1) is 14.1. The summed E-state index contributed by atoms with van der Waals surface area (Å²) in [7, 11) is 0. The molecule has 4 rings (SSSR count). The Morgan fingerprint density at radius 3 is 2.55 bits per heavy atom. The number of carboxylic acid groups (broad SMARTS) is 1. The lowest BCUT2D eigenvalue weighted by Gasteiger charge is -2.26. The molecule has 1 aromatic carbocycles. The normalized spacial score (nSPS) is 14.8. The number of pyridine rings is 1. The molecule has 3 heterocycles. The van der Waals surface area contributed by atoms with Crippen LogP contribution < -0.4 is 5.32 Å². The number of H-pyrrole nitrogens is 1. The summed E-state index contributed by atoms with van der Waals surface area (Å²) in [5.74, 6) is -0.532. The van der Waals surface area contributed by atoms with Gasteiger partial charge in [0.1, 0.15) is 11.5 Å². The van der Waals surface area contributed by atoms with Gasteiger partial charge in [0.2, 0.25) is 0 Å². The van der Waals surface area contributed by atoms with Gasteiger partial charge in [-0.15, -0.1) is 0 Å². The molecule has 1 aliphatic rings. The van der Waals surface area contributed by atoms with E-state index in [1.807, 2.05) is 12.1 Å². The molecule has 2 aromatic heterocycles. The number of anilines is 1. The van der Waals surface area contributed by atoms with E-state index >= 15 is 0 Å². The van der Waals surface area contributed by atoms with Gasteiger partial charge in [-0.2, -0.15) is 0 Å². The monoisotopic (exact) mass is 390 g/mol. The van der Waals surface area contributed by atoms with Crippen LogP contribution in [-0.4, -0.2) is 45.1 Å². The number of aliphatic carboxylic acids is 1. The average Bonchev–Trinajstić information content (AvgIpc) is 3.15. The molecule has 0 saturated carbocycles. The third kappa shape index (κ3) is 4.13. The Bertz CT molecular complexity index is 1070. The van der Waals surface area contributed by atoms with Gasteiger partial charge < -0.3 is 15.0 Å². The molecule has 1 fully saturated rings. The minimum absolute atomic E-state index is 0.138. The Hall–Kier alpha value is -3.61. The number of amides is 2. The molecular weight excluding hydrogens is 368 g/mol. The highest BCUT2D eigenvalue weighted by Crippen LogP contribution is 2.25. The Kier molecular flexibility index (Phi) is 5.29. The highest BCUT2D eigenvalue weighted by Gasteiger charge is 2.17. The summed E-state index contributed by atoms with van der Waals surface area (Å²) in [6.45, 7) is 1.53. The molecule has 148 valence electrons. The van der Waals surface area contributed by atoms with Gasteiger partial charge >= 0.3 is 12.0 Å². The van der Waals surface area contributed by atoms with Crippen LogP contribution in [0.2, 0.25) is 0 Å². The fourth-order valence-electron chi connectivity index (χ4n) is 3.54. The minimum atomic E-state index is -0.996. The predicted molar refractivity (Wildman–Crippen MR) is 112 cm³/mol. The van der Waals surface area contributed by atoms with E-state index in [0.717, 1.165) is 43.3 Å². The first-order valence-electron chi connectivity index (χ1n) is 9.66. The van der Waals surface area contributed by atoms with Gasteiger partial charge in [0.25, 0.3) is 0 Å². The van der Waals surface area contributed by atoms with E-state index in [1.165, 1.54) is 0 Å². The third-order valence-electron chi connectivity index (χ3n) is 5.06. The second-order valence-electron chi connectivity index (χ2n) is 7.04. The van der Waals surface area contributed by atoms with Gasteiger partial charge in [0.05, 0.1) is 5.57 Å². The van der Waals surface area contributed by atoms with Crippen LogP contribution in [0.1, 0.15) is 30.4 Å². The molecule has 29 heavy (non-hydrogen) atoms. The molecule has 0 spiro atoms. The SMILES string of the molecule is O=C(O)C(=Cc1c[nH]c2nc(NC(=O)N3CCCCC3)ccc12)c1ccccc1. The zero-order chi connectivity index (χ0) is 20.2. The number of carbonyl (C=O) groups excluding carboxylic acids is 1.